The molecule has 1 aliphatic rings. The molecule has 1 N–H and O–H groups in total. The molecule has 0 bridgehead atoms. The molecule has 4 heteroatoms. The Morgan fingerprint density at radius 3 is 2.48 bits per heavy atom. The highest BCUT2D eigenvalue weighted by atomic mass is 79.9. The molecule has 0 saturated heterocycles. The van der Waals surface area contributed by atoms with Gasteiger partial charge in [-0.3, -0.25) is 0 Å². The van der Waals surface area contributed by atoms with Gasteiger partial charge in [0.2, 0.25) is 0 Å². The highest BCUT2D eigenvalue weighted by Gasteiger charge is 2.23. The van der Waals surface area contributed by atoms with Crippen molar-refractivity contribution in [1.29, 1.82) is 0 Å². The number of anilines is 1. The van der Waals surface area contributed by atoms with Gasteiger partial charge in [0.1, 0.15) is 5.82 Å². The number of benzene rings is 1. The molecule has 3 nitrogen and oxygen atoms in total. The second kappa shape index (κ2) is 6.14. The summed E-state index contributed by atoms with van der Waals surface area (Å²) >= 11 is 3.60. The Balaban J connectivity index is 1.97. The normalized spacial score (nSPS) is 14.2. The molecule has 1 aliphatic carbocycles. The molecule has 0 unspecified atom stereocenters. The van der Waals surface area contributed by atoms with E-state index in [9.17, 15) is 0 Å². The maximum absolute atomic E-state index is 4.73. The van der Waals surface area contributed by atoms with E-state index in [4.69, 9.17) is 4.98 Å². The van der Waals surface area contributed by atoms with Crippen LogP contribution in [0.4, 0.5) is 5.82 Å². The van der Waals surface area contributed by atoms with Crippen molar-refractivity contribution in [3.63, 3.8) is 0 Å². The molecule has 3 rings (SSSR count). The fraction of sp³-hybridized carbons (Fsp3) is 0.412. The SMILES string of the molecule is CCCc1nc(-c2ccc(C3CC3)cc2)nc(NC)c1Br. The lowest BCUT2D eigenvalue weighted by Gasteiger charge is -2.11. The molecule has 1 aromatic carbocycles. The Morgan fingerprint density at radius 1 is 1.19 bits per heavy atom. The molecule has 1 heterocycles. The van der Waals surface area contributed by atoms with Gasteiger partial charge in [-0.05, 0) is 46.7 Å². The van der Waals surface area contributed by atoms with E-state index in [1.807, 2.05) is 7.05 Å². The number of hydrogen-bond acceptors (Lipinski definition) is 3. The van der Waals surface area contributed by atoms with Crippen molar-refractivity contribution in [1.82, 2.24) is 9.97 Å². The monoisotopic (exact) mass is 345 g/mol. The number of rotatable bonds is 5. The topological polar surface area (TPSA) is 37.8 Å². The van der Waals surface area contributed by atoms with Crippen molar-refractivity contribution in [3.05, 3.63) is 40.0 Å². The molecule has 0 radical (unpaired) electrons. The van der Waals surface area contributed by atoms with Gasteiger partial charge >= 0.3 is 0 Å². The highest BCUT2D eigenvalue weighted by Crippen LogP contribution is 2.40. The maximum Gasteiger partial charge on any atom is 0.161 e. The van der Waals surface area contributed by atoms with E-state index < -0.39 is 0 Å². The summed E-state index contributed by atoms with van der Waals surface area (Å²) in [5, 5.41) is 3.15. The van der Waals surface area contributed by atoms with Crippen molar-refractivity contribution in [2.75, 3.05) is 12.4 Å². The zero-order valence-electron chi connectivity index (χ0n) is 12.5. The van der Waals surface area contributed by atoms with Crippen LogP contribution in [0.1, 0.15) is 43.4 Å². The van der Waals surface area contributed by atoms with Crippen LogP contribution in [0.3, 0.4) is 0 Å². The molecule has 1 saturated carbocycles. The minimum atomic E-state index is 0.786. The fourth-order valence-corrected chi connectivity index (χ4v) is 3.09. The molecule has 1 aromatic heterocycles. The van der Waals surface area contributed by atoms with E-state index in [-0.39, 0.29) is 0 Å². The van der Waals surface area contributed by atoms with Gasteiger partial charge in [-0.2, -0.15) is 0 Å². The summed E-state index contributed by atoms with van der Waals surface area (Å²) in [5.74, 6) is 2.44. The molecule has 21 heavy (non-hydrogen) atoms. The zero-order chi connectivity index (χ0) is 14.8. The van der Waals surface area contributed by atoms with Crippen LogP contribution in [0.5, 0.6) is 0 Å². The molecular formula is C17H20BrN3. The Labute approximate surface area is 134 Å². The zero-order valence-corrected chi connectivity index (χ0v) is 14.1. The first-order valence-corrected chi connectivity index (χ1v) is 8.36. The summed E-state index contributed by atoms with van der Waals surface area (Å²) in [7, 11) is 1.89. The smallest absolute Gasteiger partial charge is 0.161 e. The van der Waals surface area contributed by atoms with Gasteiger partial charge < -0.3 is 5.32 Å². The summed E-state index contributed by atoms with van der Waals surface area (Å²) in [6.07, 6.45) is 4.68. The van der Waals surface area contributed by atoms with Crippen LogP contribution >= 0.6 is 15.9 Å². The molecule has 0 amide bonds. The third kappa shape index (κ3) is 3.10. The predicted molar refractivity (Wildman–Crippen MR) is 90.7 cm³/mol. The molecule has 1 fully saturated rings. The van der Waals surface area contributed by atoms with E-state index in [0.717, 1.165) is 46.1 Å². The van der Waals surface area contributed by atoms with Crippen LogP contribution in [0.25, 0.3) is 11.4 Å². The van der Waals surface area contributed by atoms with Crippen molar-refractivity contribution in [2.24, 2.45) is 0 Å². The minimum absolute atomic E-state index is 0.786. The first-order chi connectivity index (χ1) is 10.2. The fourth-order valence-electron chi connectivity index (χ4n) is 2.51. The first kappa shape index (κ1) is 14.5. The van der Waals surface area contributed by atoms with E-state index >= 15 is 0 Å². The van der Waals surface area contributed by atoms with Crippen molar-refractivity contribution in [3.8, 4) is 11.4 Å². The summed E-state index contributed by atoms with van der Waals surface area (Å²) in [6, 6.07) is 8.73. The largest absolute Gasteiger partial charge is 0.372 e. The van der Waals surface area contributed by atoms with Gasteiger partial charge in [0.15, 0.2) is 5.82 Å². The van der Waals surface area contributed by atoms with Crippen LogP contribution in [-0.4, -0.2) is 17.0 Å². The third-order valence-electron chi connectivity index (χ3n) is 3.86. The Hall–Kier alpha value is -1.42. The van der Waals surface area contributed by atoms with Crippen molar-refractivity contribution >= 4 is 21.7 Å². The number of nitrogens with zero attached hydrogens (tertiary/aromatic N) is 2. The van der Waals surface area contributed by atoms with Crippen molar-refractivity contribution in [2.45, 2.75) is 38.5 Å². The lowest BCUT2D eigenvalue weighted by atomic mass is 10.1. The van der Waals surface area contributed by atoms with Crippen LogP contribution in [0.15, 0.2) is 28.7 Å². The average Bonchev–Trinajstić information content (AvgIpc) is 3.34. The predicted octanol–water partition coefficient (Wildman–Crippen LogP) is 4.78. The lowest BCUT2D eigenvalue weighted by molar-refractivity contribution is 0.869. The molecule has 2 aromatic rings. The minimum Gasteiger partial charge on any atom is -0.372 e. The van der Waals surface area contributed by atoms with Gasteiger partial charge in [0.05, 0.1) is 10.2 Å². The average molecular weight is 346 g/mol. The van der Waals surface area contributed by atoms with E-state index in [2.05, 4.69) is 57.4 Å². The molecule has 0 aliphatic heterocycles. The summed E-state index contributed by atoms with van der Waals surface area (Å²) in [4.78, 5) is 9.36. The van der Waals surface area contributed by atoms with Gasteiger partial charge in [0.25, 0.3) is 0 Å². The van der Waals surface area contributed by atoms with Gasteiger partial charge in [0, 0.05) is 12.6 Å². The molecule has 110 valence electrons. The van der Waals surface area contributed by atoms with Crippen LogP contribution < -0.4 is 5.32 Å². The number of aromatic nitrogens is 2. The summed E-state index contributed by atoms with van der Waals surface area (Å²) in [5.41, 5.74) is 3.59. The van der Waals surface area contributed by atoms with Crippen LogP contribution in [0, 0.1) is 0 Å². The second-order valence-electron chi connectivity index (χ2n) is 5.55. The Bertz CT molecular complexity index is 633. The van der Waals surface area contributed by atoms with E-state index in [1.54, 1.807) is 0 Å². The number of aryl methyl sites for hydroxylation is 1. The number of nitrogens with one attached hydrogen (secondary N) is 1. The quantitative estimate of drug-likeness (QED) is 0.847. The summed E-state index contributed by atoms with van der Waals surface area (Å²) < 4.78 is 0.977. The second-order valence-corrected chi connectivity index (χ2v) is 6.35. The number of halogens is 1. The molecular weight excluding hydrogens is 326 g/mol. The highest BCUT2D eigenvalue weighted by molar-refractivity contribution is 9.10. The Morgan fingerprint density at radius 2 is 1.90 bits per heavy atom. The first-order valence-electron chi connectivity index (χ1n) is 7.57. The number of hydrogen-bond donors (Lipinski definition) is 1. The third-order valence-corrected chi connectivity index (χ3v) is 4.69. The van der Waals surface area contributed by atoms with Crippen LogP contribution in [-0.2, 0) is 6.42 Å². The van der Waals surface area contributed by atoms with Gasteiger partial charge in [-0.15, -0.1) is 0 Å². The molecule has 0 spiro atoms. The standard InChI is InChI=1S/C17H20BrN3/c1-3-4-14-15(18)17(19-2)21-16(20-14)13-9-7-12(8-10-13)11-5-6-11/h7-11H,3-6H2,1-2H3,(H,19,20,21). The summed E-state index contributed by atoms with van der Waals surface area (Å²) in [6.45, 7) is 2.16. The molecule has 0 atom stereocenters. The lowest BCUT2D eigenvalue weighted by Crippen LogP contribution is -2.03. The Kier molecular flexibility index (Phi) is 4.24. The van der Waals surface area contributed by atoms with E-state index in [1.165, 1.54) is 18.4 Å². The van der Waals surface area contributed by atoms with Crippen molar-refractivity contribution < 1.29 is 0 Å². The maximum atomic E-state index is 4.73. The van der Waals surface area contributed by atoms with E-state index in [0.29, 0.717) is 0 Å². The van der Waals surface area contributed by atoms with Crippen LogP contribution in [0.2, 0.25) is 0 Å². The van der Waals surface area contributed by atoms with Gasteiger partial charge in [-0.1, -0.05) is 37.6 Å². The van der Waals surface area contributed by atoms with Gasteiger partial charge in [-0.25, -0.2) is 9.97 Å².